The summed E-state index contributed by atoms with van der Waals surface area (Å²) in [6.45, 7) is 2.70. The summed E-state index contributed by atoms with van der Waals surface area (Å²) in [5.41, 5.74) is -0.122. The van der Waals surface area contributed by atoms with E-state index in [4.69, 9.17) is 4.74 Å². The highest BCUT2D eigenvalue weighted by atomic mass is 16.5. The number of rotatable bonds is 7. The van der Waals surface area contributed by atoms with E-state index in [1.54, 1.807) is 0 Å². The van der Waals surface area contributed by atoms with Crippen molar-refractivity contribution in [3.8, 4) is 5.75 Å². The van der Waals surface area contributed by atoms with Crippen LogP contribution in [0.1, 0.15) is 57.8 Å². The van der Waals surface area contributed by atoms with E-state index in [2.05, 4.69) is 5.32 Å². The number of hydrogen-bond acceptors (Lipinski definition) is 3. The van der Waals surface area contributed by atoms with E-state index in [1.165, 1.54) is 19.3 Å². The summed E-state index contributed by atoms with van der Waals surface area (Å²) in [5, 5.41) is 3.16. The molecule has 1 atom stereocenters. The third-order valence-electron chi connectivity index (χ3n) is 8.24. The summed E-state index contributed by atoms with van der Waals surface area (Å²) in [7, 11) is 0. The van der Waals surface area contributed by atoms with Crippen molar-refractivity contribution in [2.45, 2.75) is 57.8 Å². The highest BCUT2D eigenvalue weighted by molar-refractivity contribution is 5.84. The summed E-state index contributed by atoms with van der Waals surface area (Å²) in [4.78, 5) is 27.8. The Hall–Kier alpha value is -2.04. The number of nitrogens with zero attached hydrogens (tertiary/aromatic N) is 1. The van der Waals surface area contributed by atoms with Crippen molar-refractivity contribution in [1.29, 1.82) is 0 Å². The number of carbonyl (C=O) groups is 2. The smallest absolute Gasteiger partial charge is 0.226 e. The van der Waals surface area contributed by atoms with E-state index in [9.17, 15) is 9.59 Å². The molecule has 4 aliphatic carbocycles. The maximum atomic E-state index is 13.1. The molecule has 4 saturated carbocycles. The number of likely N-dealkylation sites (tertiary alicyclic amines) is 1. The molecule has 0 radical (unpaired) electrons. The molecule has 5 aliphatic rings. The maximum Gasteiger partial charge on any atom is 0.226 e. The van der Waals surface area contributed by atoms with Gasteiger partial charge in [0.2, 0.25) is 11.8 Å². The molecule has 1 heterocycles. The summed E-state index contributed by atoms with van der Waals surface area (Å²) < 4.78 is 5.91. The molecule has 5 nitrogen and oxygen atoms in total. The van der Waals surface area contributed by atoms with Crippen molar-refractivity contribution in [1.82, 2.24) is 10.2 Å². The molecule has 5 heteroatoms. The Morgan fingerprint density at radius 2 is 1.71 bits per heavy atom. The minimum Gasteiger partial charge on any atom is -0.493 e. The highest BCUT2D eigenvalue weighted by Gasteiger charge is 2.54. The Morgan fingerprint density at radius 3 is 2.39 bits per heavy atom. The largest absolute Gasteiger partial charge is 0.493 e. The van der Waals surface area contributed by atoms with E-state index in [1.807, 2.05) is 35.2 Å². The van der Waals surface area contributed by atoms with Crippen molar-refractivity contribution in [3.63, 3.8) is 0 Å². The Labute approximate surface area is 185 Å². The average molecular weight is 425 g/mol. The monoisotopic (exact) mass is 424 g/mol. The van der Waals surface area contributed by atoms with Crippen LogP contribution in [0.15, 0.2) is 30.3 Å². The van der Waals surface area contributed by atoms with Crippen molar-refractivity contribution < 1.29 is 14.3 Å². The molecule has 1 N–H and O–H groups in total. The predicted molar refractivity (Wildman–Crippen MR) is 119 cm³/mol. The molecule has 4 bridgehead atoms. The molecule has 2 amide bonds. The molecule has 1 aliphatic heterocycles. The molecule has 168 valence electrons. The molecule has 0 aromatic heterocycles. The molecule has 31 heavy (non-hydrogen) atoms. The molecular formula is C26H36N2O3. The van der Waals surface area contributed by atoms with E-state index in [0.29, 0.717) is 25.5 Å². The van der Waals surface area contributed by atoms with Gasteiger partial charge in [-0.25, -0.2) is 0 Å². The van der Waals surface area contributed by atoms with Gasteiger partial charge in [-0.1, -0.05) is 18.2 Å². The van der Waals surface area contributed by atoms with Crippen molar-refractivity contribution in [2.75, 3.05) is 26.2 Å². The van der Waals surface area contributed by atoms with Gasteiger partial charge in [0.1, 0.15) is 5.75 Å². The highest BCUT2D eigenvalue weighted by Crippen LogP contribution is 2.60. The Bertz CT molecular complexity index is 758. The van der Waals surface area contributed by atoms with Crippen LogP contribution in [-0.2, 0) is 9.59 Å². The first-order valence-electron chi connectivity index (χ1n) is 12.3. The number of benzene rings is 1. The Kier molecular flexibility index (Phi) is 5.94. The first-order valence-corrected chi connectivity index (χ1v) is 12.3. The SMILES string of the molecule is O=C(CCNC(=O)C12CC3CC(CC(C3)C1)C2)N1CCCC(COc2ccccc2)C1. The molecule has 0 spiro atoms. The lowest BCUT2D eigenvalue weighted by molar-refractivity contribution is -0.146. The van der Waals surface area contributed by atoms with Crippen LogP contribution in [0.3, 0.4) is 0 Å². The van der Waals surface area contributed by atoms with Gasteiger partial charge < -0.3 is 15.0 Å². The first kappa shape index (κ1) is 20.8. The number of para-hydroxylation sites is 1. The van der Waals surface area contributed by atoms with Crippen LogP contribution in [0.25, 0.3) is 0 Å². The van der Waals surface area contributed by atoms with Crippen molar-refractivity contribution in [2.24, 2.45) is 29.1 Å². The zero-order chi connectivity index (χ0) is 21.3. The van der Waals surface area contributed by atoms with Gasteiger partial charge in [-0.3, -0.25) is 9.59 Å². The van der Waals surface area contributed by atoms with Gasteiger partial charge in [0.25, 0.3) is 0 Å². The van der Waals surface area contributed by atoms with Crippen molar-refractivity contribution in [3.05, 3.63) is 30.3 Å². The summed E-state index contributed by atoms with van der Waals surface area (Å²) in [5.74, 6) is 3.95. The molecular weight excluding hydrogens is 388 g/mol. The minimum absolute atomic E-state index is 0.122. The van der Waals surface area contributed by atoms with Crippen LogP contribution >= 0.6 is 0 Å². The third-order valence-corrected chi connectivity index (χ3v) is 8.24. The normalized spacial score (nSPS) is 33.9. The lowest BCUT2D eigenvalue weighted by Crippen LogP contribution is -2.54. The molecule has 6 rings (SSSR count). The average Bonchev–Trinajstić information content (AvgIpc) is 2.77. The number of nitrogens with one attached hydrogen (secondary N) is 1. The quantitative estimate of drug-likeness (QED) is 0.719. The van der Waals surface area contributed by atoms with Gasteiger partial charge >= 0.3 is 0 Å². The van der Waals surface area contributed by atoms with Gasteiger partial charge in [0, 0.05) is 37.4 Å². The lowest BCUT2D eigenvalue weighted by atomic mass is 9.49. The van der Waals surface area contributed by atoms with Gasteiger partial charge in [0.15, 0.2) is 0 Å². The number of carbonyl (C=O) groups excluding carboxylic acids is 2. The van der Waals surface area contributed by atoms with Gasteiger partial charge in [-0.2, -0.15) is 0 Å². The molecule has 1 unspecified atom stereocenters. The molecule has 1 saturated heterocycles. The fourth-order valence-corrected chi connectivity index (χ4v) is 7.18. The fourth-order valence-electron chi connectivity index (χ4n) is 7.18. The van der Waals surface area contributed by atoms with Gasteiger partial charge in [-0.15, -0.1) is 0 Å². The number of ether oxygens (including phenoxy) is 1. The topological polar surface area (TPSA) is 58.6 Å². The maximum absolute atomic E-state index is 13.1. The zero-order valence-corrected chi connectivity index (χ0v) is 18.6. The second-order valence-corrected chi connectivity index (χ2v) is 10.7. The van der Waals surface area contributed by atoms with Gasteiger partial charge in [-0.05, 0) is 81.3 Å². The number of hydrogen-bond donors (Lipinski definition) is 1. The Morgan fingerprint density at radius 1 is 1.03 bits per heavy atom. The van der Waals surface area contributed by atoms with E-state index >= 15 is 0 Å². The van der Waals surface area contributed by atoms with Crippen LogP contribution in [0, 0.1) is 29.1 Å². The number of amides is 2. The van der Waals surface area contributed by atoms with E-state index in [-0.39, 0.29) is 17.2 Å². The summed E-state index contributed by atoms with van der Waals surface area (Å²) in [6.07, 6.45) is 9.79. The molecule has 1 aromatic carbocycles. The summed E-state index contributed by atoms with van der Waals surface area (Å²) in [6, 6.07) is 9.87. The van der Waals surface area contributed by atoms with Crippen LogP contribution in [0.5, 0.6) is 5.75 Å². The molecule has 1 aromatic rings. The lowest BCUT2D eigenvalue weighted by Gasteiger charge is -2.55. The van der Waals surface area contributed by atoms with Crippen LogP contribution in [0.4, 0.5) is 0 Å². The second-order valence-electron chi connectivity index (χ2n) is 10.7. The molecule has 5 fully saturated rings. The Balaban J connectivity index is 1.06. The zero-order valence-electron chi connectivity index (χ0n) is 18.6. The van der Waals surface area contributed by atoms with E-state index < -0.39 is 0 Å². The van der Waals surface area contributed by atoms with Gasteiger partial charge in [0.05, 0.1) is 6.61 Å². The second kappa shape index (κ2) is 8.84. The fraction of sp³-hybridized carbons (Fsp3) is 0.692. The first-order chi connectivity index (χ1) is 15.1. The van der Waals surface area contributed by atoms with Crippen LogP contribution in [0.2, 0.25) is 0 Å². The minimum atomic E-state index is -0.122. The standard InChI is InChI=1S/C26H36N2O3/c29-24(28-10-4-5-19(17-28)18-31-23-6-2-1-3-7-23)8-9-27-25(30)26-14-20-11-21(15-26)13-22(12-20)16-26/h1-3,6-7,19-22H,4-5,8-18H2,(H,27,30). The third kappa shape index (κ3) is 4.61. The van der Waals surface area contributed by atoms with E-state index in [0.717, 1.165) is 68.7 Å². The number of piperidine rings is 1. The summed E-state index contributed by atoms with van der Waals surface area (Å²) >= 11 is 0. The van der Waals surface area contributed by atoms with Crippen LogP contribution < -0.4 is 10.1 Å². The van der Waals surface area contributed by atoms with Crippen molar-refractivity contribution >= 4 is 11.8 Å². The van der Waals surface area contributed by atoms with Crippen LogP contribution in [-0.4, -0.2) is 43.0 Å². The predicted octanol–water partition coefficient (Wildman–Crippen LogP) is 4.03.